The van der Waals surface area contributed by atoms with Crippen molar-refractivity contribution in [3.8, 4) is 11.8 Å². The van der Waals surface area contributed by atoms with Gasteiger partial charge in [-0.05, 0) is 51.3 Å². The van der Waals surface area contributed by atoms with Crippen LogP contribution >= 0.6 is 0 Å². The van der Waals surface area contributed by atoms with Gasteiger partial charge in [0.15, 0.2) is 0 Å². The Morgan fingerprint density at radius 2 is 1.92 bits per heavy atom. The zero-order chi connectivity index (χ0) is 18.7. The fourth-order valence-corrected chi connectivity index (χ4v) is 2.25. The summed E-state index contributed by atoms with van der Waals surface area (Å²) in [6.07, 6.45) is 4.64. The minimum atomic E-state index is -0.561. The van der Waals surface area contributed by atoms with Crippen molar-refractivity contribution in [2.24, 2.45) is 0 Å². The van der Waals surface area contributed by atoms with Crippen molar-refractivity contribution in [2.75, 3.05) is 6.61 Å². The average molecular weight is 345 g/mol. The number of ether oxygens (including phenoxy) is 1. The molecule has 25 heavy (non-hydrogen) atoms. The topological polar surface area (TPSA) is 58.6 Å². The number of carbonyl (C=O) groups excluding carboxylic acids is 1. The molecule has 0 heterocycles. The molecule has 0 unspecified atom stereocenters. The molecule has 0 bridgehead atoms. The first kappa shape index (κ1) is 21.1. The third kappa shape index (κ3) is 9.79. The highest BCUT2D eigenvalue weighted by atomic mass is 16.6. The maximum Gasteiger partial charge on any atom is 0.407 e. The Balaban J connectivity index is 2.49. The van der Waals surface area contributed by atoms with Crippen molar-refractivity contribution in [1.82, 2.24) is 5.32 Å². The Labute approximate surface area is 152 Å². The van der Waals surface area contributed by atoms with Crippen molar-refractivity contribution in [3.05, 3.63) is 35.4 Å². The summed E-state index contributed by atoms with van der Waals surface area (Å²) in [4.78, 5) is 11.7. The van der Waals surface area contributed by atoms with Crippen LogP contribution in [0, 0.1) is 11.8 Å². The number of aryl methyl sites for hydroxylation is 1. The highest BCUT2D eigenvalue weighted by Gasteiger charge is 2.18. The summed E-state index contributed by atoms with van der Waals surface area (Å²) in [5, 5.41) is 12.0. The zero-order valence-electron chi connectivity index (χ0n) is 15.9. The number of rotatable bonds is 7. The van der Waals surface area contributed by atoms with Gasteiger partial charge in [-0.2, -0.15) is 0 Å². The van der Waals surface area contributed by atoms with E-state index in [0.717, 1.165) is 12.0 Å². The van der Waals surface area contributed by atoms with E-state index >= 15 is 0 Å². The van der Waals surface area contributed by atoms with Gasteiger partial charge < -0.3 is 15.2 Å². The lowest BCUT2D eigenvalue weighted by molar-refractivity contribution is 0.0484. The average Bonchev–Trinajstić information content (AvgIpc) is 2.54. The fraction of sp³-hybridized carbons (Fsp3) is 0.571. The highest BCUT2D eigenvalue weighted by Crippen LogP contribution is 2.09. The minimum Gasteiger partial charge on any atom is -0.444 e. The molecule has 1 aromatic rings. The lowest BCUT2D eigenvalue weighted by Gasteiger charge is -2.21. The van der Waals surface area contributed by atoms with Crippen molar-refractivity contribution in [1.29, 1.82) is 0 Å². The van der Waals surface area contributed by atoms with Crippen LogP contribution in [0.25, 0.3) is 0 Å². The molecule has 0 radical (unpaired) electrons. The molecule has 4 nitrogen and oxygen atoms in total. The highest BCUT2D eigenvalue weighted by molar-refractivity contribution is 5.68. The molecule has 0 aliphatic heterocycles. The van der Waals surface area contributed by atoms with Crippen LogP contribution in [-0.4, -0.2) is 29.4 Å². The minimum absolute atomic E-state index is 0.176. The number of hydrogen-bond donors (Lipinski definition) is 2. The molecule has 4 heteroatoms. The van der Waals surface area contributed by atoms with Gasteiger partial charge in [0.05, 0.1) is 12.6 Å². The van der Waals surface area contributed by atoms with Crippen LogP contribution in [0.1, 0.15) is 64.5 Å². The van der Waals surface area contributed by atoms with Crippen LogP contribution in [0.3, 0.4) is 0 Å². The summed E-state index contributed by atoms with van der Waals surface area (Å²) >= 11 is 0. The largest absolute Gasteiger partial charge is 0.444 e. The summed E-state index contributed by atoms with van der Waals surface area (Å²) in [6, 6.07) is 7.83. The molecular weight excluding hydrogens is 314 g/mol. The van der Waals surface area contributed by atoms with Crippen molar-refractivity contribution < 1.29 is 14.6 Å². The Morgan fingerprint density at radius 1 is 1.24 bits per heavy atom. The number of aliphatic hydroxyl groups is 1. The first-order valence-corrected chi connectivity index (χ1v) is 9.02. The molecule has 0 aromatic heterocycles. The molecule has 1 amide bonds. The maximum atomic E-state index is 11.7. The summed E-state index contributed by atoms with van der Waals surface area (Å²) in [5.41, 5.74) is 1.71. The first-order chi connectivity index (χ1) is 11.8. The summed E-state index contributed by atoms with van der Waals surface area (Å²) in [5.74, 6) is 6.08. The van der Waals surface area contributed by atoms with E-state index in [1.165, 1.54) is 24.8 Å². The van der Waals surface area contributed by atoms with E-state index in [9.17, 15) is 9.90 Å². The monoisotopic (exact) mass is 345 g/mol. The lowest BCUT2D eigenvalue weighted by Crippen LogP contribution is -2.40. The first-order valence-electron chi connectivity index (χ1n) is 9.02. The van der Waals surface area contributed by atoms with Crippen LogP contribution < -0.4 is 5.32 Å². The second-order valence-electron chi connectivity index (χ2n) is 7.19. The van der Waals surface area contributed by atoms with E-state index in [-0.39, 0.29) is 6.61 Å². The maximum absolute atomic E-state index is 11.7. The number of amides is 1. The van der Waals surface area contributed by atoms with E-state index < -0.39 is 17.7 Å². The molecule has 2 N–H and O–H groups in total. The van der Waals surface area contributed by atoms with Crippen LogP contribution in [0.2, 0.25) is 0 Å². The molecule has 138 valence electrons. The van der Waals surface area contributed by atoms with Crippen molar-refractivity contribution >= 4 is 6.09 Å². The molecule has 1 atom stereocenters. The number of carbonyl (C=O) groups is 1. The van der Waals surface area contributed by atoms with Crippen LogP contribution in [0.5, 0.6) is 0 Å². The summed E-state index contributed by atoms with van der Waals surface area (Å²) in [7, 11) is 0. The number of aliphatic hydroxyl groups excluding tert-OH is 1. The van der Waals surface area contributed by atoms with Crippen LogP contribution in [0.15, 0.2) is 24.3 Å². The second-order valence-corrected chi connectivity index (χ2v) is 7.19. The van der Waals surface area contributed by atoms with Gasteiger partial charge in [0.25, 0.3) is 0 Å². The van der Waals surface area contributed by atoms with E-state index in [1.807, 2.05) is 12.1 Å². The summed E-state index contributed by atoms with van der Waals surface area (Å²) in [6.45, 7) is 7.42. The predicted molar refractivity (Wildman–Crippen MR) is 101 cm³/mol. The standard InChI is InChI=1S/C21H31NO3/c1-5-6-7-9-17-12-14-18(15-13-17)10-8-11-19(16-23)22-20(24)25-21(2,3)4/h12-15,19,23H,5-7,9,11,16H2,1-4H3,(H,22,24)/t19-/m0/s1. The quantitative estimate of drug-likeness (QED) is 0.579. The van der Waals surface area contributed by atoms with E-state index in [0.29, 0.717) is 6.42 Å². The summed E-state index contributed by atoms with van der Waals surface area (Å²) < 4.78 is 5.18. The Morgan fingerprint density at radius 3 is 2.48 bits per heavy atom. The van der Waals surface area contributed by atoms with Crippen LogP contribution in [-0.2, 0) is 11.2 Å². The second kappa shape index (κ2) is 10.8. The van der Waals surface area contributed by atoms with E-state index in [1.54, 1.807) is 20.8 Å². The SMILES string of the molecule is CCCCCc1ccc(C#CC[C@@H](CO)NC(=O)OC(C)(C)C)cc1. The lowest BCUT2D eigenvalue weighted by atomic mass is 10.1. The van der Waals surface area contributed by atoms with Gasteiger partial charge in [-0.25, -0.2) is 4.79 Å². The molecule has 0 spiro atoms. The molecule has 1 rings (SSSR count). The number of hydrogen-bond acceptors (Lipinski definition) is 3. The fourth-order valence-electron chi connectivity index (χ4n) is 2.25. The van der Waals surface area contributed by atoms with Gasteiger partial charge in [0.2, 0.25) is 0 Å². The van der Waals surface area contributed by atoms with Crippen LogP contribution in [0.4, 0.5) is 4.79 Å². The van der Waals surface area contributed by atoms with Gasteiger partial charge in [-0.15, -0.1) is 0 Å². The molecule has 0 saturated heterocycles. The molecule has 0 aliphatic rings. The third-order valence-electron chi connectivity index (χ3n) is 3.55. The Hall–Kier alpha value is -1.99. The number of alkyl carbamates (subject to hydrolysis) is 1. The van der Waals surface area contributed by atoms with Gasteiger partial charge in [-0.1, -0.05) is 43.7 Å². The smallest absolute Gasteiger partial charge is 0.407 e. The molecular formula is C21H31NO3. The predicted octanol–water partition coefficient (Wildman–Crippen LogP) is 4.05. The zero-order valence-corrected chi connectivity index (χ0v) is 15.9. The van der Waals surface area contributed by atoms with E-state index in [2.05, 4.69) is 36.2 Å². The van der Waals surface area contributed by atoms with Crippen molar-refractivity contribution in [2.45, 2.75) is 71.4 Å². The Bertz CT molecular complexity index is 576. The van der Waals surface area contributed by atoms with Gasteiger partial charge in [0.1, 0.15) is 5.60 Å². The molecule has 0 fully saturated rings. The van der Waals surface area contributed by atoms with Gasteiger partial charge >= 0.3 is 6.09 Å². The third-order valence-corrected chi connectivity index (χ3v) is 3.55. The van der Waals surface area contributed by atoms with E-state index in [4.69, 9.17) is 4.74 Å². The normalized spacial score (nSPS) is 12.0. The molecule has 0 saturated carbocycles. The van der Waals surface area contributed by atoms with Gasteiger partial charge in [0, 0.05) is 12.0 Å². The number of nitrogens with one attached hydrogen (secondary N) is 1. The molecule has 0 aliphatic carbocycles. The van der Waals surface area contributed by atoms with Crippen molar-refractivity contribution in [3.63, 3.8) is 0 Å². The number of unbranched alkanes of at least 4 members (excludes halogenated alkanes) is 2. The number of benzene rings is 1. The Kier molecular flexibility index (Phi) is 9.08. The molecule has 1 aromatic carbocycles. The van der Waals surface area contributed by atoms with Gasteiger partial charge in [-0.3, -0.25) is 0 Å².